The fourth-order valence-electron chi connectivity index (χ4n) is 11.4. The van der Waals surface area contributed by atoms with Crippen LogP contribution < -0.4 is 5.32 Å². The molecule has 3 fully saturated rings. The van der Waals surface area contributed by atoms with Crippen LogP contribution in [0.1, 0.15) is 115 Å². The Kier molecular flexibility index (Phi) is 10.1. The summed E-state index contributed by atoms with van der Waals surface area (Å²) in [5.74, 6) is 3.74. The summed E-state index contributed by atoms with van der Waals surface area (Å²) in [6.07, 6.45) is 13.5. The van der Waals surface area contributed by atoms with Gasteiger partial charge in [-0.1, -0.05) is 71.4 Å². The maximum absolute atomic E-state index is 11.5. The van der Waals surface area contributed by atoms with Gasteiger partial charge in [0.15, 0.2) is 6.29 Å². The Labute approximate surface area is 273 Å². The van der Waals surface area contributed by atoms with Crippen molar-refractivity contribution < 1.29 is 19.4 Å². The first-order valence-corrected chi connectivity index (χ1v) is 17.8. The van der Waals surface area contributed by atoms with E-state index >= 15 is 0 Å². The molecule has 3 saturated carbocycles. The van der Waals surface area contributed by atoms with Gasteiger partial charge in [-0.05, 0) is 134 Å². The molecule has 0 saturated heterocycles. The van der Waals surface area contributed by atoms with E-state index < -0.39 is 5.97 Å². The van der Waals surface area contributed by atoms with Crippen molar-refractivity contribution in [3.63, 3.8) is 0 Å². The van der Waals surface area contributed by atoms with E-state index in [0.29, 0.717) is 35.2 Å². The lowest BCUT2D eigenvalue weighted by Gasteiger charge is -2.59. The van der Waals surface area contributed by atoms with E-state index in [1.54, 1.807) is 26.4 Å². The Hall–Kier alpha value is -1.95. The molecule has 5 nitrogen and oxygen atoms in total. The molecule has 1 aromatic rings. The normalized spacial score (nSPS) is 37.5. The van der Waals surface area contributed by atoms with Crippen LogP contribution in [0.15, 0.2) is 42.5 Å². The van der Waals surface area contributed by atoms with Gasteiger partial charge in [0.1, 0.15) is 0 Å². The summed E-state index contributed by atoms with van der Waals surface area (Å²) < 4.78 is 11.2. The van der Waals surface area contributed by atoms with Gasteiger partial charge in [0.25, 0.3) is 0 Å². The van der Waals surface area contributed by atoms with E-state index in [1.165, 1.54) is 68.1 Å². The van der Waals surface area contributed by atoms with Gasteiger partial charge < -0.3 is 19.9 Å². The zero-order chi connectivity index (χ0) is 32.7. The highest BCUT2D eigenvalue weighted by molar-refractivity contribution is 5.88. The monoisotopic (exact) mass is 619 g/mol. The van der Waals surface area contributed by atoms with Crippen LogP contribution in [0.25, 0.3) is 5.57 Å². The molecule has 0 spiro atoms. The number of methoxy groups -OCH3 is 2. The van der Waals surface area contributed by atoms with Crippen LogP contribution >= 0.6 is 0 Å². The van der Waals surface area contributed by atoms with Gasteiger partial charge in [0, 0.05) is 26.3 Å². The van der Waals surface area contributed by atoms with Crippen molar-refractivity contribution in [2.45, 2.75) is 111 Å². The molecule has 0 heterocycles. The highest BCUT2D eigenvalue weighted by Crippen LogP contribution is 2.64. The van der Waals surface area contributed by atoms with Crippen LogP contribution in [0.2, 0.25) is 0 Å². The first-order valence-electron chi connectivity index (χ1n) is 17.8. The predicted octanol–water partition coefficient (Wildman–Crippen LogP) is 9.24. The molecule has 1 aromatic carbocycles. The Morgan fingerprint density at radius 2 is 1.67 bits per heavy atom. The van der Waals surface area contributed by atoms with E-state index in [9.17, 15) is 9.90 Å². The number of allylic oxidation sites excluding steroid dienone is 3. The number of hydrogen-bond donors (Lipinski definition) is 2. The van der Waals surface area contributed by atoms with E-state index in [4.69, 9.17) is 9.47 Å². The molecule has 0 aliphatic heterocycles. The molecular weight excluding hydrogens is 558 g/mol. The van der Waals surface area contributed by atoms with Crippen LogP contribution in [0, 0.1) is 52.3 Å². The maximum Gasteiger partial charge on any atom is 0.335 e. The lowest BCUT2D eigenvalue weighted by molar-refractivity contribution is -0.106. The van der Waals surface area contributed by atoms with Gasteiger partial charge in [-0.15, -0.1) is 0 Å². The number of nitrogens with one attached hydrogen (secondary N) is 1. The Morgan fingerprint density at radius 1 is 1.00 bits per heavy atom. The zero-order valence-corrected chi connectivity index (χ0v) is 29.5. The van der Waals surface area contributed by atoms with Crippen molar-refractivity contribution in [2.75, 3.05) is 20.8 Å². The lowest BCUT2D eigenvalue weighted by Crippen LogP contribution is -2.57. The highest BCUT2D eigenvalue weighted by Gasteiger charge is 2.57. The SMILES string of the molecule is C=C(C)C1CCC2(NCC(OC)OC)CCC(C)C(CCC3C(C)CCC4C(C)(C)C(c5ccc(C(=O)O)cc5)=CCC34C)C12. The molecule has 5 rings (SSSR count). The number of hydrogen-bond acceptors (Lipinski definition) is 4. The molecule has 0 bridgehead atoms. The van der Waals surface area contributed by atoms with Gasteiger partial charge in [-0.2, -0.15) is 0 Å². The number of fused-ring (bicyclic) bond motifs is 2. The summed E-state index contributed by atoms with van der Waals surface area (Å²) in [5, 5.41) is 13.5. The predicted molar refractivity (Wildman–Crippen MR) is 184 cm³/mol. The number of carboxylic acids is 1. The van der Waals surface area contributed by atoms with Crippen LogP contribution in [-0.4, -0.2) is 43.7 Å². The number of carboxylic acid groups (broad SMARTS) is 1. The van der Waals surface area contributed by atoms with Crippen LogP contribution in [0.4, 0.5) is 0 Å². The zero-order valence-electron chi connectivity index (χ0n) is 29.5. The molecule has 0 aromatic heterocycles. The molecule has 45 heavy (non-hydrogen) atoms. The molecule has 0 radical (unpaired) electrons. The van der Waals surface area contributed by atoms with E-state index in [0.717, 1.165) is 24.8 Å². The third-order valence-corrected chi connectivity index (χ3v) is 13.8. The molecule has 4 aliphatic rings. The molecule has 4 aliphatic carbocycles. The van der Waals surface area contributed by atoms with Crippen molar-refractivity contribution in [1.29, 1.82) is 0 Å². The fraction of sp³-hybridized carbons (Fsp3) is 0.725. The maximum atomic E-state index is 11.5. The minimum absolute atomic E-state index is 0.0308. The summed E-state index contributed by atoms with van der Waals surface area (Å²) in [6.45, 7) is 20.1. The molecule has 0 amide bonds. The third kappa shape index (κ3) is 6.23. The lowest BCUT2D eigenvalue weighted by atomic mass is 9.45. The summed E-state index contributed by atoms with van der Waals surface area (Å²) in [5.41, 5.74) is 4.72. The Balaban J connectivity index is 1.39. The third-order valence-electron chi connectivity index (χ3n) is 13.8. The Bertz CT molecular complexity index is 1250. The van der Waals surface area contributed by atoms with Crippen molar-refractivity contribution in [3.05, 3.63) is 53.6 Å². The van der Waals surface area contributed by atoms with Crippen LogP contribution in [-0.2, 0) is 9.47 Å². The number of rotatable bonds is 11. The highest BCUT2D eigenvalue weighted by atomic mass is 16.7. The second-order valence-corrected chi connectivity index (χ2v) is 16.4. The van der Waals surface area contributed by atoms with Crippen molar-refractivity contribution in [3.8, 4) is 0 Å². The smallest absolute Gasteiger partial charge is 0.335 e. The summed E-state index contributed by atoms with van der Waals surface area (Å²) in [7, 11) is 3.47. The summed E-state index contributed by atoms with van der Waals surface area (Å²) in [6, 6.07) is 7.57. The van der Waals surface area contributed by atoms with Gasteiger partial charge in [-0.25, -0.2) is 4.79 Å². The van der Waals surface area contributed by atoms with E-state index in [-0.39, 0.29) is 22.7 Å². The van der Waals surface area contributed by atoms with Crippen molar-refractivity contribution in [1.82, 2.24) is 5.32 Å². The number of benzene rings is 1. The van der Waals surface area contributed by atoms with Crippen LogP contribution in [0.5, 0.6) is 0 Å². The quantitative estimate of drug-likeness (QED) is 0.191. The molecule has 2 N–H and O–H groups in total. The number of carbonyl (C=O) groups is 1. The molecule has 9 atom stereocenters. The second kappa shape index (κ2) is 13.3. The molecular formula is C40H61NO4. The fourth-order valence-corrected chi connectivity index (χ4v) is 11.4. The van der Waals surface area contributed by atoms with Gasteiger partial charge in [0.05, 0.1) is 5.56 Å². The number of ether oxygens (including phenoxy) is 2. The average molecular weight is 620 g/mol. The van der Waals surface area contributed by atoms with Gasteiger partial charge >= 0.3 is 5.97 Å². The molecule has 250 valence electrons. The standard InChI is InChI=1S/C40H61NO4/c1-25(2)30-19-23-40(41-24-35(44-8)45-9)22-18-26(3)31(36(30)40)15-16-32-27(4)10-17-34-38(5,6)33(20-21-39(32,34)7)28-11-13-29(14-12-28)37(42)43/h11-14,20,26-27,30-32,34-36,41H,1,10,15-19,21-24H2,2-9H3,(H,42,43). The Morgan fingerprint density at radius 3 is 2.29 bits per heavy atom. The molecule has 5 heteroatoms. The molecule has 9 unspecified atom stereocenters. The summed E-state index contributed by atoms with van der Waals surface area (Å²) >= 11 is 0. The topological polar surface area (TPSA) is 67.8 Å². The van der Waals surface area contributed by atoms with Crippen molar-refractivity contribution in [2.24, 2.45) is 52.3 Å². The number of aromatic carboxylic acids is 1. The summed E-state index contributed by atoms with van der Waals surface area (Å²) in [4.78, 5) is 11.5. The van der Waals surface area contributed by atoms with E-state index in [1.807, 2.05) is 12.1 Å². The largest absolute Gasteiger partial charge is 0.478 e. The second-order valence-electron chi connectivity index (χ2n) is 16.4. The van der Waals surface area contributed by atoms with Gasteiger partial charge in [-0.3, -0.25) is 0 Å². The minimum Gasteiger partial charge on any atom is -0.478 e. The first kappa shape index (κ1) is 34.4. The first-order chi connectivity index (χ1) is 21.3. The van der Waals surface area contributed by atoms with Crippen molar-refractivity contribution >= 4 is 11.5 Å². The van der Waals surface area contributed by atoms with Gasteiger partial charge in [0.2, 0.25) is 0 Å². The average Bonchev–Trinajstić information content (AvgIpc) is 3.38. The van der Waals surface area contributed by atoms with E-state index in [2.05, 4.69) is 59.5 Å². The van der Waals surface area contributed by atoms with Crippen LogP contribution in [0.3, 0.4) is 0 Å². The minimum atomic E-state index is -0.864.